The van der Waals surface area contributed by atoms with Gasteiger partial charge in [0.15, 0.2) is 5.11 Å². The van der Waals surface area contributed by atoms with E-state index < -0.39 is 0 Å². The molecule has 2 aromatic carbocycles. The summed E-state index contributed by atoms with van der Waals surface area (Å²) < 4.78 is 12.6. The van der Waals surface area contributed by atoms with E-state index in [9.17, 15) is 4.79 Å². The summed E-state index contributed by atoms with van der Waals surface area (Å²) >= 11 is 5.90. The van der Waals surface area contributed by atoms with E-state index in [0.29, 0.717) is 5.11 Å². The van der Waals surface area contributed by atoms with Crippen LogP contribution in [-0.2, 0) is 9.53 Å². The first kappa shape index (κ1) is 25.4. The molecule has 3 heterocycles. The molecule has 0 unspecified atom stereocenters. The number of nitrogens with one attached hydrogen (secondary N) is 2. The number of aryl methyl sites for hydroxylation is 1. The van der Waals surface area contributed by atoms with Crippen molar-refractivity contribution in [1.82, 2.24) is 14.9 Å². The molecule has 2 aromatic heterocycles. The Kier molecular flexibility index (Phi) is 7.39. The first-order valence-corrected chi connectivity index (χ1v) is 12.6. The van der Waals surface area contributed by atoms with Crippen molar-refractivity contribution in [2.24, 2.45) is 0 Å². The van der Waals surface area contributed by atoms with Gasteiger partial charge < -0.3 is 29.6 Å². The maximum atomic E-state index is 12.1. The average Bonchev–Trinajstić information content (AvgIpc) is 3.55. The van der Waals surface area contributed by atoms with Crippen molar-refractivity contribution in [3.63, 3.8) is 0 Å². The van der Waals surface area contributed by atoms with E-state index in [4.69, 9.17) is 21.7 Å². The highest BCUT2D eigenvalue weighted by Crippen LogP contribution is 2.43. The van der Waals surface area contributed by atoms with Gasteiger partial charge in [0.1, 0.15) is 18.4 Å². The molecule has 1 aliphatic rings. The number of amides is 1. The molecule has 2 N–H and O–H groups in total. The van der Waals surface area contributed by atoms with Crippen LogP contribution in [0.1, 0.15) is 29.0 Å². The van der Waals surface area contributed by atoms with Crippen LogP contribution in [0.3, 0.4) is 0 Å². The number of carbonyl (C=O) groups is 1. The van der Waals surface area contributed by atoms with Crippen LogP contribution in [0.25, 0.3) is 5.69 Å². The number of aromatic nitrogens is 2. The maximum Gasteiger partial charge on any atom is 0.250 e. The van der Waals surface area contributed by atoms with Gasteiger partial charge in [0.05, 0.1) is 18.8 Å². The minimum Gasteiger partial charge on any atom is -0.497 e. The predicted molar refractivity (Wildman–Crippen MR) is 152 cm³/mol. The molecular weight excluding hydrogens is 498 g/mol. The minimum atomic E-state index is -0.203. The van der Waals surface area contributed by atoms with Gasteiger partial charge >= 0.3 is 0 Å². The topological polar surface area (TPSA) is 80.7 Å². The number of nitrogens with zero attached hydrogens (tertiary/aromatic N) is 3. The van der Waals surface area contributed by atoms with Gasteiger partial charge in [-0.3, -0.25) is 9.78 Å². The Morgan fingerprint density at radius 1 is 1.05 bits per heavy atom. The van der Waals surface area contributed by atoms with Crippen molar-refractivity contribution in [1.29, 1.82) is 0 Å². The number of ether oxygens (including phenoxy) is 2. The lowest BCUT2D eigenvalue weighted by atomic mass is 10.00. The molecule has 1 saturated heterocycles. The number of thiocarbonyl (C=S) groups is 1. The van der Waals surface area contributed by atoms with Crippen molar-refractivity contribution < 1.29 is 14.3 Å². The van der Waals surface area contributed by atoms with Crippen LogP contribution in [0.2, 0.25) is 0 Å². The molecule has 0 spiro atoms. The van der Waals surface area contributed by atoms with Crippen molar-refractivity contribution in [2.45, 2.75) is 19.0 Å². The predicted octanol–water partition coefficient (Wildman–Crippen LogP) is 4.95. The molecule has 0 radical (unpaired) electrons. The van der Waals surface area contributed by atoms with E-state index in [0.717, 1.165) is 39.8 Å². The molecule has 0 aliphatic carbocycles. The third-order valence-electron chi connectivity index (χ3n) is 6.55. The van der Waals surface area contributed by atoms with Gasteiger partial charge in [0.2, 0.25) is 5.91 Å². The van der Waals surface area contributed by atoms with Crippen LogP contribution in [0.15, 0.2) is 85.2 Å². The zero-order chi connectivity index (χ0) is 26.6. The summed E-state index contributed by atoms with van der Waals surface area (Å²) in [5.74, 6) is 0.577. The molecule has 38 heavy (non-hydrogen) atoms. The zero-order valence-corrected chi connectivity index (χ0v) is 22.2. The minimum absolute atomic E-state index is 0.00356. The SMILES string of the molecule is COCC(=O)Nc1ccc(N2C(=S)N[C@H](c3ccccn3)[C@@H]2c2cccn2-c2cccc(OC)c2)cc1C. The van der Waals surface area contributed by atoms with Gasteiger partial charge in [-0.1, -0.05) is 12.1 Å². The number of carbonyl (C=O) groups excluding carboxylic acids is 1. The van der Waals surface area contributed by atoms with Crippen LogP contribution in [0, 0.1) is 6.92 Å². The second kappa shape index (κ2) is 11.0. The fourth-order valence-corrected chi connectivity index (χ4v) is 5.17. The summed E-state index contributed by atoms with van der Waals surface area (Å²) in [6.45, 7) is 1.96. The van der Waals surface area contributed by atoms with Crippen molar-refractivity contribution >= 4 is 34.6 Å². The zero-order valence-electron chi connectivity index (χ0n) is 21.4. The van der Waals surface area contributed by atoms with E-state index in [1.54, 1.807) is 13.3 Å². The van der Waals surface area contributed by atoms with Crippen LogP contribution >= 0.6 is 12.2 Å². The molecule has 1 aliphatic heterocycles. The van der Waals surface area contributed by atoms with Gasteiger partial charge in [0, 0.05) is 48.3 Å². The molecular formula is C29H29N5O3S. The Balaban J connectivity index is 1.59. The van der Waals surface area contributed by atoms with E-state index >= 15 is 0 Å². The standard InChI is InChI=1S/C29H29N5O3S/c1-19-16-21(12-13-23(19)31-26(35)18-36-2)34-28(27(32-29(34)38)24-10-4-5-14-30-24)25-11-7-15-33(25)20-8-6-9-22(17-20)37-3/h4-17,27-28H,18H2,1-3H3,(H,31,35)(H,32,38)/t27-,28+/m1/s1. The molecule has 1 amide bonds. The molecule has 4 aromatic rings. The van der Waals surface area contributed by atoms with Gasteiger partial charge in [-0.2, -0.15) is 0 Å². The number of hydrogen-bond acceptors (Lipinski definition) is 5. The summed E-state index contributed by atoms with van der Waals surface area (Å²) in [5, 5.41) is 7.01. The summed E-state index contributed by atoms with van der Waals surface area (Å²) in [4.78, 5) is 18.9. The number of benzene rings is 2. The largest absolute Gasteiger partial charge is 0.497 e. The smallest absolute Gasteiger partial charge is 0.250 e. The highest BCUT2D eigenvalue weighted by atomic mass is 32.1. The lowest BCUT2D eigenvalue weighted by molar-refractivity contribution is -0.119. The quantitative estimate of drug-likeness (QED) is 0.314. The van der Waals surface area contributed by atoms with Crippen molar-refractivity contribution in [3.8, 4) is 11.4 Å². The molecule has 0 saturated carbocycles. The van der Waals surface area contributed by atoms with Gasteiger partial charge in [-0.25, -0.2) is 0 Å². The Morgan fingerprint density at radius 2 is 1.92 bits per heavy atom. The monoisotopic (exact) mass is 527 g/mol. The third-order valence-corrected chi connectivity index (χ3v) is 6.87. The van der Waals surface area contributed by atoms with Crippen LogP contribution in [-0.4, -0.2) is 41.4 Å². The van der Waals surface area contributed by atoms with Gasteiger partial charge in [-0.15, -0.1) is 0 Å². The fraction of sp³-hybridized carbons (Fsp3) is 0.207. The van der Waals surface area contributed by atoms with Crippen LogP contribution in [0.4, 0.5) is 11.4 Å². The van der Waals surface area contributed by atoms with Crippen LogP contribution in [0.5, 0.6) is 5.75 Å². The normalized spacial score (nSPS) is 16.8. The number of rotatable bonds is 8. The second-order valence-corrected chi connectivity index (χ2v) is 9.37. The Labute approximate surface area is 227 Å². The number of pyridine rings is 1. The van der Waals surface area contributed by atoms with Crippen molar-refractivity contribution in [3.05, 3.63) is 102 Å². The number of hydrogen-bond donors (Lipinski definition) is 2. The summed E-state index contributed by atoms with van der Waals surface area (Å²) in [6, 6.07) is 23.5. The molecule has 8 nitrogen and oxygen atoms in total. The lowest BCUT2D eigenvalue weighted by Gasteiger charge is -2.29. The van der Waals surface area contributed by atoms with Crippen molar-refractivity contribution in [2.75, 3.05) is 31.0 Å². The summed E-state index contributed by atoms with van der Waals surface area (Å²) in [5.41, 5.74) is 5.46. The maximum absolute atomic E-state index is 12.1. The molecule has 194 valence electrons. The highest BCUT2D eigenvalue weighted by Gasteiger charge is 2.42. The first-order chi connectivity index (χ1) is 18.5. The van der Waals surface area contributed by atoms with E-state index in [1.807, 2.05) is 73.8 Å². The third kappa shape index (κ3) is 4.98. The number of methoxy groups -OCH3 is 2. The molecule has 5 rings (SSSR count). The van der Waals surface area contributed by atoms with Gasteiger partial charge in [0.25, 0.3) is 0 Å². The fourth-order valence-electron chi connectivity index (χ4n) is 4.82. The second-order valence-electron chi connectivity index (χ2n) is 8.98. The molecule has 9 heteroatoms. The Bertz CT molecular complexity index is 1460. The summed E-state index contributed by atoms with van der Waals surface area (Å²) in [6.07, 6.45) is 3.83. The van der Waals surface area contributed by atoms with E-state index in [1.165, 1.54) is 7.11 Å². The Hall–Kier alpha value is -4.21. The molecule has 0 bridgehead atoms. The van der Waals surface area contributed by atoms with Crippen LogP contribution < -0.4 is 20.3 Å². The van der Waals surface area contributed by atoms with Gasteiger partial charge in [-0.05, 0) is 79.3 Å². The van der Waals surface area contributed by atoms with E-state index in [-0.39, 0.29) is 24.6 Å². The van der Waals surface area contributed by atoms with E-state index in [2.05, 4.69) is 37.2 Å². The highest BCUT2D eigenvalue weighted by molar-refractivity contribution is 7.80. The Morgan fingerprint density at radius 3 is 2.66 bits per heavy atom. The summed E-state index contributed by atoms with van der Waals surface area (Å²) in [7, 11) is 3.16. The molecule has 1 fully saturated rings. The number of anilines is 2. The average molecular weight is 528 g/mol. The first-order valence-electron chi connectivity index (χ1n) is 12.2. The lowest BCUT2D eigenvalue weighted by Crippen LogP contribution is -2.30. The molecule has 2 atom stereocenters.